The Morgan fingerprint density at radius 2 is 2.05 bits per heavy atom. The van der Waals surface area contributed by atoms with E-state index in [-0.39, 0.29) is 6.09 Å². The van der Waals surface area contributed by atoms with E-state index in [1.165, 1.54) is 38.6 Å². The summed E-state index contributed by atoms with van der Waals surface area (Å²) in [5, 5.41) is 3.56. The lowest BCUT2D eigenvalue weighted by Crippen LogP contribution is -2.43. The highest BCUT2D eigenvalue weighted by molar-refractivity contribution is 5.68. The van der Waals surface area contributed by atoms with E-state index in [2.05, 4.69) is 5.32 Å². The molecule has 4 nitrogen and oxygen atoms in total. The molecule has 2 atom stereocenters. The fourth-order valence-electron chi connectivity index (χ4n) is 3.23. The van der Waals surface area contributed by atoms with Gasteiger partial charge in [0, 0.05) is 19.1 Å². The van der Waals surface area contributed by atoms with Gasteiger partial charge in [0.15, 0.2) is 0 Å². The van der Waals surface area contributed by atoms with Gasteiger partial charge < -0.3 is 15.0 Å². The number of nitrogens with one attached hydrogen (secondary N) is 1. The molecule has 2 unspecified atom stereocenters. The maximum absolute atomic E-state index is 12.1. The normalized spacial score (nSPS) is 27.6. The summed E-state index contributed by atoms with van der Waals surface area (Å²) in [6, 6.07) is 0.715. The summed E-state index contributed by atoms with van der Waals surface area (Å²) < 4.78 is 5.48. The van der Waals surface area contributed by atoms with Crippen molar-refractivity contribution in [1.29, 1.82) is 0 Å². The number of amides is 1. The molecule has 0 aromatic heterocycles. The van der Waals surface area contributed by atoms with Crippen molar-refractivity contribution in [2.75, 3.05) is 19.6 Å². The van der Waals surface area contributed by atoms with Crippen molar-refractivity contribution in [3.63, 3.8) is 0 Å². The molecule has 0 radical (unpaired) electrons. The van der Waals surface area contributed by atoms with Crippen LogP contribution < -0.4 is 5.32 Å². The number of hydrogen-bond acceptors (Lipinski definition) is 3. The Hall–Kier alpha value is -0.770. The Balaban J connectivity index is 1.74. The Labute approximate surface area is 123 Å². The molecule has 0 bridgehead atoms. The highest BCUT2D eigenvalue weighted by atomic mass is 16.6. The van der Waals surface area contributed by atoms with Crippen molar-refractivity contribution in [2.45, 2.75) is 70.9 Å². The van der Waals surface area contributed by atoms with E-state index in [9.17, 15) is 4.79 Å². The summed E-state index contributed by atoms with van der Waals surface area (Å²) in [6.07, 6.45) is 7.36. The van der Waals surface area contributed by atoms with Gasteiger partial charge in [-0.15, -0.1) is 0 Å². The maximum Gasteiger partial charge on any atom is 0.410 e. The standard InChI is InChI=1S/C16H30N2O2/c1-16(2,3)20-15(19)18-11-5-6-13(12-18)8-9-14-7-4-10-17-14/h13-14,17H,4-12H2,1-3H3. The molecule has 1 amide bonds. The van der Waals surface area contributed by atoms with E-state index in [0.717, 1.165) is 19.5 Å². The molecule has 2 aliphatic heterocycles. The lowest BCUT2D eigenvalue weighted by molar-refractivity contribution is 0.0160. The smallest absolute Gasteiger partial charge is 0.410 e. The van der Waals surface area contributed by atoms with Crippen LogP contribution in [-0.4, -0.2) is 42.3 Å². The van der Waals surface area contributed by atoms with Crippen molar-refractivity contribution in [1.82, 2.24) is 10.2 Å². The summed E-state index contributed by atoms with van der Waals surface area (Å²) in [4.78, 5) is 14.0. The second-order valence-electron chi connectivity index (χ2n) is 7.31. The van der Waals surface area contributed by atoms with Crippen LogP contribution in [0, 0.1) is 5.92 Å². The molecular weight excluding hydrogens is 252 g/mol. The minimum atomic E-state index is -0.391. The van der Waals surface area contributed by atoms with Crippen molar-refractivity contribution >= 4 is 6.09 Å². The van der Waals surface area contributed by atoms with Gasteiger partial charge in [0.1, 0.15) is 5.60 Å². The molecule has 0 aromatic rings. The molecule has 2 saturated heterocycles. The fraction of sp³-hybridized carbons (Fsp3) is 0.938. The van der Waals surface area contributed by atoms with Gasteiger partial charge in [-0.05, 0) is 71.8 Å². The number of ether oxygens (including phenoxy) is 1. The summed E-state index contributed by atoms with van der Waals surface area (Å²) >= 11 is 0. The van der Waals surface area contributed by atoms with Crippen LogP contribution in [0.3, 0.4) is 0 Å². The first-order chi connectivity index (χ1) is 9.44. The van der Waals surface area contributed by atoms with Crippen LogP contribution >= 0.6 is 0 Å². The molecule has 116 valence electrons. The van der Waals surface area contributed by atoms with Crippen LogP contribution in [0.4, 0.5) is 4.79 Å². The molecule has 20 heavy (non-hydrogen) atoms. The molecule has 2 rings (SSSR count). The van der Waals surface area contributed by atoms with Crippen LogP contribution in [0.25, 0.3) is 0 Å². The molecule has 0 saturated carbocycles. The van der Waals surface area contributed by atoms with Gasteiger partial charge in [-0.1, -0.05) is 0 Å². The third kappa shape index (κ3) is 4.97. The number of rotatable bonds is 3. The quantitative estimate of drug-likeness (QED) is 0.864. The van der Waals surface area contributed by atoms with Crippen LogP contribution in [0.1, 0.15) is 59.3 Å². The predicted octanol–water partition coefficient (Wildman–Crippen LogP) is 3.17. The lowest BCUT2D eigenvalue weighted by atomic mass is 9.91. The zero-order chi connectivity index (χ0) is 14.6. The highest BCUT2D eigenvalue weighted by Gasteiger charge is 2.28. The number of carbonyl (C=O) groups is 1. The minimum Gasteiger partial charge on any atom is -0.444 e. The SMILES string of the molecule is CC(C)(C)OC(=O)N1CCCC(CCC2CCCN2)C1. The molecular formula is C16H30N2O2. The largest absolute Gasteiger partial charge is 0.444 e. The van der Waals surface area contributed by atoms with Gasteiger partial charge in [-0.25, -0.2) is 4.79 Å². The first kappa shape index (κ1) is 15.6. The van der Waals surface area contributed by atoms with Gasteiger partial charge >= 0.3 is 6.09 Å². The van der Waals surface area contributed by atoms with E-state index in [0.29, 0.717) is 12.0 Å². The van der Waals surface area contributed by atoms with E-state index in [1.54, 1.807) is 0 Å². The van der Waals surface area contributed by atoms with E-state index >= 15 is 0 Å². The Kier molecular flexibility index (Phi) is 5.30. The van der Waals surface area contributed by atoms with E-state index in [1.807, 2.05) is 25.7 Å². The van der Waals surface area contributed by atoms with Crippen LogP contribution in [0.5, 0.6) is 0 Å². The van der Waals surface area contributed by atoms with Crippen molar-refractivity contribution in [3.8, 4) is 0 Å². The zero-order valence-electron chi connectivity index (χ0n) is 13.3. The number of nitrogens with zero attached hydrogens (tertiary/aromatic N) is 1. The highest BCUT2D eigenvalue weighted by Crippen LogP contribution is 2.24. The first-order valence-electron chi connectivity index (χ1n) is 8.15. The Morgan fingerprint density at radius 1 is 1.25 bits per heavy atom. The first-order valence-corrected chi connectivity index (χ1v) is 8.15. The second-order valence-corrected chi connectivity index (χ2v) is 7.31. The molecule has 2 heterocycles. The second kappa shape index (κ2) is 6.79. The average Bonchev–Trinajstić information content (AvgIpc) is 2.88. The molecule has 2 fully saturated rings. The van der Waals surface area contributed by atoms with E-state index in [4.69, 9.17) is 4.74 Å². The third-order valence-electron chi connectivity index (χ3n) is 4.26. The average molecular weight is 282 g/mol. The number of likely N-dealkylation sites (tertiary alicyclic amines) is 1. The number of hydrogen-bond donors (Lipinski definition) is 1. The molecule has 2 aliphatic rings. The van der Waals surface area contributed by atoms with Gasteiger partial charge in [0.2, 0.25) is 0 Å². The topological polar surface area (TPSA) is 41.6 Å². The molecule has 0 aliphatic carbocycles. The zero-order valence-corrected chi connectivity index (χ0v) is 13.3. The molecule has 0 spiro atoms. The van der Waals surface area contributed by atoms with Crippen molar-refractivity contribution in [3.05, 3.63) is 0 Å². The van der Waals surface area contributed by atoms with Crippen molar-refractivity contribution in [2.24, 2.45) is 5.92 Å². The summed E-state index contributed by atoms with van der Waals surface area (Å²) in [5.74, 6) is 0.652. The molecule has 4 heteroatoms. The Bertz CT molecular complexity index is 319. The van der Waals surface area contributed by atoms with Gasteiger partial charge in [-0.2, -0.15) is 0 Å². The molecule has 0 aromatic carbocycles. The molecule has 1 N–H and O–H groups in total. The predicted molar refractivity (Wildman–Crippen MR) is 80.8 cm³/mol. The number of carbonyl (C=O) groups excluding carboxylic acids is 1. The number of piperidine rings is 1. The van der Waals surface area contributed by atoms with Crippen LogP contribution in [-0.2, 0) is 4.74 Å². The third-order valence-corrected chi connectivity index (χ3v) is 4.26. The summed E-state index contributed by atoms with van der Waals surface area (Å²) in [6.45, 7) is 8.70. The monoisotopic (exact) mass is 282 g/mol. The van der Waals surface area contributed by atoms with Gasteiger partial charge in [0.25, 0.3) is 0 Å². The van der Waals surface area contributed by atoms with Crippen LogP contribution in [0.15, 0.2) is 0 Å². The lowest BCUT2D eigenvalue weighted by Gasteiger charge is -2.34. The van der Waals surface area contributed by atoms with Crippen molar-refractivity contribution < 1.29 is 9.53 Å². The van der Waals surface area contributed by atoms with Crippen LogP contribution in [0.2, 0.25) is 0 Å². The van der Waals surface area contributed by atoms with Gasteiger partial charge in [-0.3, -0.25) is 0 Å². The minimum absolute atomic E-state index is 0.138. The summed E-state index contributed by atoms with van der Waals surface area (Å²) in [5.41, 5.74) is -0.391. The van der Waals surface area contributed by atoms with E-state index < -0.39 is 5.60 Å². The Morgan fingerprint density at radius 3 is 2.70 bits per heavy atom. The van der Waals surface area contributed by atoms with Gasteiger partial charge in [0.05, 0.1) is 0 Å². The summed E-state index contributed by atoms with van der Waals surface area (Å²) in [7, 11) is 0. The fourth-order valence-corrected chi connectivity index (χ4v) is 3.23. The maximum atomic E-state index is 12.1.